The molecule has 0 heterocycles. The third-order valence-corrected chi connectivity index (χ3v) is 1.15. The molecule has 0 N–H and O–H groups in total. The van der Waals surface area contributed by atoms with Gasteiger partial charge in [-0.1, -0.05) is 0 Å². The van der Waals surface area contributed by atoms with Crippen LogP contribution < -0.4 is 0 Å². The first-order valence-corrected chi connectivity index (χ1v) is 2.65. The highest BCUT2D eigenvalue weighted by Crippen LogP contribution is 2.28. The van der Waals surface area contributed by atoms with Crippen LogP contribution >= 0.6 is 0 Å². The zero-order chi connectivity index (χ0) is 7.72. The topological polar surface area (TPSA) is 0 Å². The zero-order valence-corrected chi connectivity index (χ0v) is 4.87. The SMILES string of the molecule is FC1=CC(F)C(F)=C(F)C1. The van der Waals surface area contributed by atoms with Crippen LogP contribution in [0.2, 0.25) is 0 Å². The molecule has 0 saturated carbocycles. The second-order valence-electron chi connectivity index (χ2n) is 1.94. The van der Waals surface area contributed by atoms with E-state index < -0.39 is 30.1 Å². The van der Waals surface area contributed by atoms with Crippen molar-refractivity contribution in [2.24, 2.45) is 0 Å². The highest BCUT2D eigenvalue weighted by molar-refractivity contribution is 5.23. The van der Waals surface area contributed by atoms with E-state index in [0.717, 1.165) is 0 Å². The van der Waals surface area contributed by atoms with Gasteiger partial charge in [-0.25, -0.2) is 17.6 Å². The van der Waals surface area contributed by atoms with Crippen molar-refractivity contribution < 1.29 is 17.6 Å². The first-order valence-electron chi connectivity index (χ1n) is 2.65. The third kappa shape index (κ3) is 1.20. The van der Waals surface area contributed by atoms with E-state index in [2.05, 4.69) is 0 Å². The second kappa shape index (κ2) is 2.44. The van der Waals surface area contributed by atoms with E-state index in [1.54, 1.807) is 0 Å². The van der Waals surface area contributed by atoms with Crippen molar-refractivity contribution in [2.45, 2.75) is 12.6 Å². The van der Waals surface area contributed by atoms with Crippen LogP contribution in [0.15, 0.2) is 23.6 Å². The van der Waals surface area contributed by atoms with Crippen molar-refractivity contribution in [3.8, 4) is 0 Å². The van der Waals surface area contributed by atoms with Gasteiger partial charge in [0.25, 0.3) is 0 Å². The fraction of sp³-hybridized carbons (Fsp3) is 0.333. The summed E-state index contributed by atoms with van der Waals surface area (Å²) in [5.41, 5.74) is 0. The smallest absolute Gasteiger partial charge is 0.175 e. The van der Waals surface area contributed by atoms with Crippen LogP contribution in [0.25, 0.3) is 0 Å². The van der Waals surface area contributed by atoms with Gasteiger partial charge in [-0.3, -0.25) is 0 Å². The molecule has 0 amide bonds. The van der Waals surface area contributed by atoms with Crippen molar-refractivity contribution in [1.82, 2.24) is 0 Å². The predicted octanol–water partition coefficient (Wildman–Crippen LogP) is 2.73. The fourth-order valence-electron chi connectivity index (χ4n) is 0.673. The normalized spacial score (nSPS) is 26.8. The number of rotatable bonds is 0. The maximum Gasteiger partial charge on any atom is 0.175 e. The molecule has 1 atom stereocenters. The average molecular weight is 152 g/mol. The van der Waals surface area contributed by atoms with Crippen molar-refractivity contribution >= 4 is 0 Å². The molecule has 0 fully saturated rings. The van der Waals surface area contributed by atoms with Crippen LogP contribution in [0.5, 0.6) is 0 Å². The van der Waals surface area contributed by atoms with Crippen LogP contribution in [-0.2, 0) is 0 Å². The molecule has 0 nitrogen and oxygen atoms in total. The summed E-state index contributed by atoms with van der Waals surface area (Å²) in [6.45, 7) is 0. The van der Waals surface area contributed by atoms with Gasteiger partial charge < -0.3 is 0 Å². The van der Waals surface area contributed by atoms with Crippen LogP contribution in [0.3, 0.4) is 0 Å². The molecule has 0 saturated heterocycles. The lowest BCUT2D eigenvalue weighted by Gasteiger charge is -2.07. The minimum Gasteiger partial charge on any atom is -0.235 e. The monoisotopic (exact) mass is 152 g/mol. The van der Waals surface area contributed by atoms with Gasteiger partial charge in [0.2, 0.25) is 0 Å². The minimum atomic E-state index is -2.24. The molecule has 0 aromatic carbocycles. The van der Waals surface area contributed by atoms with Gasteiger partial charge in [0.1, 0.15) is 11.7 Å². The maximum absolute atomic E-state index is 12.1. The van der Waals surface area contributed by atoms with Crippen molar-refractivity contribution in [3.05, 3.63) is 23.6 Å². The summed E-state index contributed by atoms with van der Waals surface area (Å²) < 4.78 is 48.3. The van der Waals surface area contributed by atoms with Crippen LogP contribution in [0, 0.1) is 0 Å². The minimum absolute atomic E-state index is 0.415. The molecule has 0 aliphatic heterocycles. The van der Waals surface area contributed by atoms with Gasteiger partial charge in [0.15, 0.2) is 12.0 Å². The Bertz CT molecular complexity index is 204. The van der Waals surface area contributed by atoms with Crippen molar-refractivity contribution in [2.75, 3.05) is 0 Å². The molecule has 1 unspecified atom stereocenters. The summed E-state index contributed by atoms with van der Waals surface area (Å²) in [4.78, 5) is 0. The van der Waals surface area contributed by atoms with Crippen LogP contribution in [0.1, 0.15) is 6.42 Å². The van der Waals surface area contributed by atoms with Gasteiger partial charge in [-0.05, 0) is 6.08 Å². The maximum atomic E-state index is 12.1. The number of halogens is 4. The Morgan fingerprint density at radius 1 is 1.30 bits per heavy atom. The molecule has 4 heteroatoms. The molecule has 0 bridgehead atoms. The van der Waals surface area contributed by atoms with E-state index in [-0.39, 0.29) is 0 Å². The largest absolute Gasteiger partial charge is 0.235 e. The van der Waals surface area contributed by atoms with E-state index in [9.17, 15) is 17.6 Å². The van der Waals surface area contributed by atoms with Gasteiger partial charge in [0, 0.05) is 0 Å². The highest BCUT2D eigenvalue weighted by atomic mass is 19.2. The third-order valence-electron chi connectivity index (χ3n) is 1.15. The Balaban J connectivity index is 2.85. The molecule has 0 radical (unpaired) electrons. The predicted molar refractivity (Wildman–Crippen MR) is 27.9 cm³/mol. The van der Waals surface area contributed by atoms with Gasteiger partial charge in [0.05, 0.1) is 6.42 Å². The molecule has 0 spiro atoms. The Labute approximate surface area is 54.8 Å². The Morgan fingerprint density at radius 2 is 1.90 bits per heavy atom. The van der Waals surface area contributed by atoms with Gasteiger partial charge in [-0.15, -0.1) is 0 Å². The lowest BCUT2D eigenvalue weighted by Crippen LogP contribution is -2.04. The molecule has 56 valence electrons. The summed E-state index contributed by atoms with van der Waals surface area (Å²) in [5, 5.41) is 0. The molecule has 1 aliphatic carbocycles. The second-order valence-corrected chi connectivity index (χ2v) is 1.94. The van der Waals surface area contributed by atoms with Crippen LogP contribution in [-0.4, -0.2) is 6.17 Å². The first-order chi connectivity index (χ1) is 4.61. The van der Waals surface area contributed by atoms with Crippen molar-refractivity contribution in [1.29, 1.82) is 0 Å². The molecular weight excluding hydrogens is 148 g/mol. The summed E-state index contributed by atoms with van der Waals surface area (Å²) >= 11 is 0. The van der Waals surface area contributed by atoms with E-state index in [4.69, 9.17) is 0 Å². The Hall–Kier alpha value is -0.800. The molecule has 1 aliphatic rings. The molecular formula is C6H4F4. The summed E-state index contributed by atoms with van der Waals surface area (Å²) in [6.07, 6.45) is -2.58. The highest BCUT2D eigenvalue weighted by Gasteiger charge is 2.23. The standard InChI is InChI=1S/C6H4F4/c7-3-1-4(8)6(10)5(9)2-3/h1,4H,2H2. The molecule has 1 rings (SSSR count). The Kier molecular flexibility index (Phi) is 1.78. The Morgan fingerprint density at radius 3 is 2.40 bits per heavy atom. The summed E-state index contributed by atoms with van der Waals surface area (Å²) in [7, 11) is 0. The van der Waals surface area contributed by atoms with E-state index >= 15 is 0 Å². The van der Waals surface area contributed by atoms with E-state index in [0.29, 0.717) is 6.08 Å². The molecule has 0 aromatic rings. The number of hydrogen-bond acceptors (Lipinski definition) is 0. The van der Waals surface area contributed by atoms with Gasteiger partial charge >= 0.3 is 0 Å². The summed E-state index contributed by atoms with van der Waals surface area (Å²) in [5.74, 6) is -3.83. The lowest BCUT2D eigenvalue weighted by molar-refractivity contribution is 0.337. The summed E-state index contributed by atoms with van der Waals surface area (Å²) in [6, 6.07) is 0. The number of allylic oxidation sites excluding steroid dienone is 4. The van der Waals surface area contributed by atoms with Crippen LogP contribution in [0.4, 0.5) is 17.6 Å². The first kappa shape index (κ1) is 7.31. The van der Waals surface area contributed by atoms with E-state index in [1.165, 1.54) is 0 Å². The number of alkyl halides is 1. The number of hydrogen-bond donors (Lipinski definition) is 0. The molecule has 0 aromatic heterocycles. The fourth-order valence-corrected chi connectivity index (χ4v) is 0.673. The molecule has 10 heavy (non-hydrogen) atoms. The quantitative estimate of drug-likeness (QED) is 0.468. The van der Waals surface area contributed by atoms with Gasteiger partial charge in [-0.2, -0.15) is 0 Å². The average Bonchev–Trinajstić information content (AvgIpc) is 1.82. The van der Waals surface area contributed by atoms with E-state index in [1.807, 2.05) is 0 Å². The lowest BCUT2D eigenvalue weighted by atomic mass is 10.1. The van der Waals surface area contributed by atoms with Crippen molar-refractivity contribution in [3.63, 3.8) is 0 Å². The zero-order valence-electron chi connectivity index (χ0n) is 4.87.